The lowest BCUT2D eigenvalue weighted by molar-refractivity contribution is 0.122. The molecule has 98 valence electrons. The zero-order chi connectivity index (χ0) is 12.6. The fourth-order valence-corrected chi connectivity index (χ4v) is 2.89. The Hall–Kier alpha value is -1.06. The topological polar surface area (TPSA) is 38.5 Å². The van der Waals surface area contributed by atoms with E-state index in [0.29, 0.717) is 0 Å². The van der Waals surface area contributed by atoms with Gasteiger partial charge in [-0.25, -0.2) is 0 Å². The Balaban J connectivity index is 1.97. The van der Waals surface area contributed by atoms with Gasteiger partial charge in [-0.05, 0) is 31.4 Å². The van der Waals surface area contributed by atoms with Gasteiger partial charge in [-0.3, -0.25) is 0 Å². The predicted molar refractivity (Wildman–Crippen MR) is 74.2 cm³/mol. The van der Waals surface area contributed by atoms with Gasteiger partial charge < -0.3 is 15.4 Å². The second-order valence-corrected chi connectivity index (χ2v) is 5.60. The first-order chi connectivity index (χ1) is 8.75. The second-order valence-electron chi connectivity index (χ2n) is 5.60. The molecule has 1 saturated heterocycles. The maximum atomic E-state index is 6.01. The van der Waals surface area contributed by atoms with Gasteiger partial charge in [-0.2, -0.15) is 0 Å². The summed E-state index contributed by atoms with van der Waals surface area (Å²) in [4.78, 5) is 2.45. The highest BCUT2D eigenvalue weighted by Crippen LogP contribution is 2.50. The van der Waals surface area contributed by atoms with Gasteiger partial charge >= 0.3 is 0 Å². The third-order valence-electron chi connectivity index (χ3n) is 4.32. The van der Waals surface area contributed by atoms with Gasteiger partial charge in [0.15, 0.2) is 0 Å². The van der Waals surface area contributed by atoms with Gasteiger partial charge in [0.1, 0.15) is 0 Å². The molecule has 3 nitrogen and oxygen atoms in total. The number of nitrogens with zero attached hydrogens (tertiary/aromatic N) is 1. The SMILES string of the molecule is Cc1ccc(N2CCOCC2)c(C2(CN)CC2)c1. The van der Waals surface area contributed by atoms with Crippen LogP contribution in [0.1, 0.15) is 24.0 Å². The molecule has 0 aromatic heterocycles. The number of aryl methyl sites for hydroxylation is 1. The Kier molecular flexibility index (Phi) is 3.04. The van der Waals surface area contributed by atoms with Crippen molar-refractivity contribution in [3.63, 3.8) is 0 Å². The third-order valence-corrected chi connectivity index (χ3v) is 4.32. The van der Waals surface area contributed by atoms with E-state index < -0.39 is 0 Å². The molecule has 1 aromatic carbocycles. The molecular formula is C15H22N2O. The molecule has 0 amide bonds. The summed E-state index contributed by atoms with van der Waals surface area (Å²) in [7, 11) is 0. The van der Waals surface area contributed by atoms with Gasteiger partial charge in [0.25, 0.3) is 0 Å². The normalized spacial score (nSPS) is 22.0. The molecule has 0 radical (unpaired) electrons. The third kappa shape index (κ3) is 2.02. The second kappa shape index (κ2) is 4.56. The van der Waals surface area contributed by atoms with Crippen LogP contribution in [0, 0.1) is 6.92 Å². The molecule has 18 heavy (non-hydrogen) atoms. The molecule has 0 bridgehead atoms. The van der Waals surface area contributed by atoms with E-state index >= 15 is 0 Å². The van der Waals surface area contributed by atoms with Crippen molar-refractivity contribution in [2.24, 2.45) is 5.73 Å². The number of morpholine rings is 1. The summed E-state index contributed by atoms with van der Waals surface area (Å²) < 4.78 is 5.45. The van der Waals surface area contributed by atoms with Crippen molar-refractivity contribution < 1.29 is 4.74 Å². The molecule has 2 aliphatic rings. The lowest BCUT2D eigenvalue weighted by Gasteiger charge is -2.32. The van der Waals surface area contributed by atoms with Crippen molar-refractivity contribution in [1.82, 2.24) is 0 Å². The Morgan fingerprint density at radius 3 is 2.61 bits per heavy atom. The average molecular weight is 246 g/mol. The molecule has 0 unspecified atom stereocenters. The van der Waals surface area contributed by atoms with Crippen LogP contribution in [-0.2, 0) is 10.2 Å². The minimum absolute atomic E-state index is 0.264. The minimum atomic E-state index is 0.264. The van der Waals surface area contributed by atoms with Crippen LogP contribution in [0.3, 0.4) is 0 Å². The zero-order valence-corrected chi connectivity index (χ0v) is 11.1. The first-order valence-corrected chi connectivity index (χ1v) is 6.89. The van der Waals surface area contributed by atoms with Crippen molar-refractivity contribution >= 4 is 5.69 Å². The Labute approximate surface area is 109 Å². The standard InChI is InChI=1S/C15H22N2O/c1-12-2-3-14(17-6-8-18-9-7-17)13(10-12)15(11-16)4-5-15/h2-3,10H,4-9,11,16H2,1H3. The highest BCUT2D eigenvalue weighted by atomic mass is 16.5. The van der Waals surface area contributed by atoms with Gasteiger partial charge in [0, 0.05) is 30.7 Å². The summed E-state index contributed by atoms with van der Waals surface area (Å²) in [6.45, 7) is 6.60. The summed E-state index contributed by atoms with van der Waals surface area (Å²) in [6, 6.07) is 6.82. The van der Waals surface area contributed by atoms with E-state index in [2.05, 4.69) is 30.0 Å². The fraction of sp³-hybridized carbons (Fsp3) is 0.600. The van der Waals surface area contributed by atoms with Crippen LogP contribution in [0.15, 0.2) is 18.2 Å². The summed E-state index contributed by atoms with van der Waals surface area (Å²) in [5, 5.41) is 0. The van der Waals surface area contributed by atoms with E-state index in [1.807, 2.05) is 0 Å². The van der Waals surface area contributed by atoms with Gasteiger partial charge in [-0.1, -0.05) is 17.7 Å². The van der Waals surface area contributed by atoms with Crippen LogP contribution in [0.4, 0.5) is 5.69 Å². The van der Waals surface area contributed by atoms with E-state index in [4.69, 9.17) is 10.5 Å². The molecule has 1 aliphatic heterocycles. The summed E-state index contributed by atoms with van der Waals surface area (Å²) >= 11 is 0. The molecule has 1 aliphatic carbocycles. The van der Waals surface area contributed by atoms with Gasteiger partial charge in [-0.15, -0.1) is 0 Å². The van der Waals surface area contributed by atoms with Crippen LogP contribution < -0.4 is 10.6 Å². The van der Waals surface area contributed by atoms with Crippen LogP contribution in [0.2, 0.25) is 0 Å². The number of hydrogen-bond donors (Lipinski definition) is 1. The lowest BCUT2D eigenvalue weighted by Crippen LogP contribution is -2.37. The van der Waals surface area contributed by atoms with Crippen LogP contribution >= 0.6 is 0 Å². The van der Waals surface area contributed by atoms with E-state index in [1.165, 1.54) is 29.7 Å². The quantitative estimate of drug-likeness (QED) is 0.884. The highest BCUT2D eigenvalue weighted by molar-refractivity contribution is 5.60. The van der Waals surface area contributed by atoms with Crippen molar-refractivity contribution in [2.75, 3.05) is 37.7 Å². The summed E-state index contributed by atoms with van der Waals surface area (Å²) in [6.07, 6.45) is 2.48. The molecule has 3 heteroatoms. The first kappa shape index (κ1) is 12.0. The van der Waals surface area contributed by atoms with E-state index in [-0.39, 0.29) is 5.41 Å². The maximum absolute atomic E-state index is 6.01. The summed E-state index contributed by atoms with van der Waals surface area (Å²) in [5.41, 5.74) is 10.5. The van der Waals surface area contributed by atoms with E-state index in [1.54, 1.807) is 0 Å². The fourth-order valence-electron chi connectivity index (χ4n) is 2.89. The predicted octanol–water partition coefficient (Wildman–Crippen LogP) is 1.82. The molecule has 1 saturated carbocycles. The average Bonchev–Trinajstić information content (AvgIpc) is 3.21. The number of nitrogens with two attached hydrogens (primary N) is 1. The number of benzene rings is 1. The number of hydrogen-bond acceptors (Lipinski definition) is 3. The Morgan fingerprint density at radius 1 is 1.28 bits per heavy atom. The van der Waals surface area contributed by atoms with Crippen molar-refractivity contribution in [1.29, 1.82) is 0 Å². The lowest BCUT2D eigenvalue weighted by atomic mass is 9.92. The van der Waals surface area contributed by atoms with Crippen molar-refractivity contribution in [2.45, 2.75) is 25.2 Å². The molecule has 1 heterocycles. The molecule has 0 atom stereocenters. The number of ether oxygens (including phenoxy) is 1. The van der Waals surface area contributed by atoms with Crippen molar-refractivity contribution in [3.05, 3.63) is 29.3 Å². The summed E-state index contributed by atoms with van der Waals surface area (Å²) in [5.74, 6) is 0. The van der Waals surface area contributed by atoms with Gasteiger partial charge in [0.05, 0.1) is 13.2 Å². The molecule has 2 N–H and O–H groups in total. The molecule has 0 spiro atoms. The monoisotopic (exact) mass is 246 g/mol. The Morgan fingerprint density at radius 2 is 2.00 bits per heavy atom. The van der Waals surface area contributed by atoms with E-state index in [0.717, 1.165) is 32.8 Å². The molecule has 1 aromatic rings. The molecular weight excluding hydrogens is 224 g/mol. The number of rotatable bonds is 3. The maximum Gasteiger partial charge on any atom is 0.0642 e. The largest absolute Gasteiger partial charge is 0.378 e. The molecule has 2 fully saturated rings. The van der Waals surface area contributed by atoms with Gasteiger partial charge in [0.2, 0.25) is 0 Å². The van der Waals surface area contributed by atoms with Crippen molar-refractivity contribution in [3.8, 4) is 0 Å². The minimum Gasteiger partial charge on any atom is -0.378 e. The van der Waals surface area contributed by atoms with Crippen LogP contribution in [0.5, 0.6) is 0 Å². The zero-order valence-electron chi connectivity index (χ0n) is 11.1. The Bertz CT molecular complexity index is 434. The molecule has 3 rings (SSSR count). The smallest absolute Gasteiger partial charge is 0.0642 e. The highest BCUT2D eigenvalue weighted by Gasteiger charge is 2.44. The number of anilines is 1. The van der Waals surface area contributed by atoms with Crippen LogP contribution in [-0.4, -0.2) is 32.8 Å². The van der Waals surface area contributed by atoms with E-state index in [9.17, 15) is 0 Å². The van der Waals surface area contributed by atoms with Crippen LogP contribution in [0.25, 0.3) is 0 Å². The first-order valence-electron chi connectivity index (χ1n) is 6.89.